The van der Waals surface area contributed by atoms with E-state index in [9.17, 15) is 4.39 Å². The summed E-state index contributed by atoms with van der Waals surface area (Å²) in [7, 11) is 1.91. The molecule has 104 valence electrons. The standard InChI is InChI=1S/C16H23FN2/c1-11-5-7-19(8-6-11)16-9-12(2)15(17)10-14(16)13(3)18-4/h5,9-10,13,18H,6-8H2,1-4H3. The van der Waals surface area contributed by atoms with Gasteiger partial charge in [-0.05, 0) is 57.5 Å². The minimum absolute atomic E-state index is 0.121. The number of benzene rings is 1. The van der Waals surface area contributed by atoms with Crippen LogP contribution >= 0.6 is 0 Å². The van der Waals surface area contributed by atoms with Crippen molar-refractivity contribution in [2.75, 3.05) is 25.0 Å². The SMILES string of the molecule is CNC(C)c1cc(F)c(C)cc1N1CC=C(C)CC1. The molecule has 3 heteroatoms. The van der Waals surface area contributed by atoms with Crippen LogP contribution in [-0.2, 0) is 0 Å². The van der Waals surface area contributed by atoms with E-state index >= 15 is 0 Å². The van der Waals surface area contributed by atoms with Gasteiger partial charge in [0, 0.05) is 24.8 Å². The van der Waals surface area contributed by atoms with Crippen molar-refractivity contribution in [3.8, 4) is 0 Å². The summed E-state index contributed by atoms with van der Waals surface area (Å²) in [6.07, 6.45) is 3.35. The Bertz CT molecular complexity index is 494. The summed E-state index contributed by atoms with van der Waals surface area (Å²) in [4.78, 5) is 2.34. The van der Waals surface area contributed by atoms with E-state index in [1.54, 1.807) is 6.07 Å². The molecule has 0 radical (unpaired) electrons. The van der Waals surface area contributed by atoms with Gasteiger partial charge in [0.25, 0.3) is 0 Å². The molecule has 0 saturated carbocycles. The second kappa shape index (κ2) is 5.74. The maximum atomic E-state index is 13.8. The molecule has 1 unspecified atom stereocenters. The molecule has 0 saturated heterocycles. The number of nitrogens with one attached hydrogen (secondary N) is 1. The summed E-state index contributed by atoms with van der Waals surface area (Å²) >= 11 is 0. The van der Waals surface area contributed by atoms with E-state index in [1.807, 2.05) is 20.0 Å². The molecule has 1 aromatic rings. The lowest BCUT2D eigenvalue weighted by atomic mass is 10.0. The van der Waals surface area contributed by atoms with Crippen molar-refractivity contribution in [3.63, 3.8) is 0 Å². The summed E-state index contributed by atoms with van der Waals surface area (Å²) in [5.74, 6) is -0.121. The lowest BCUT2D eigenvalue weighted by Gasteiger charge is -2.31. The van der Waals surface area contributed by atoms with Crippen LogP contribution in [0.15, 0.2) is 23.8 Å². The van der Waals surface area contributed by atoms with Gasteiger partial charge in [-0.1, -0.05) is 11.6 Å². The zero-order valence-electron chi connectivity index (χ0n) is 12.3. The van der Waals surface area contributed by atoms with E-state index in [4.69, 9.17) is 0 Å². The van der Waals surface area contributed by atoms with E-state index < -0.39 is 0 Å². The van der Waals surface area contributed by atoms with Crippen molar-refractivity contribution < 1.29 is 4.39 Å². The van der Waals surface area contributed by atoms with Crippen LogP contribution in [0.1, 0.15) is 37.4 Å². The maximum Gasteiger partial charge on any atom is 0.126 e. The molecule has 1 aliphatic rings. The molecule has 1 heterocycles. The van der Waals surface area contributed by atoms with Gasteiger partial charge < -0.3 is 10.2 Å². The van der Waals surface area contributed by atoms with Crippen LogP contribution < -0.4 is 10.2 Å². The molecule has 1 aliphatic heterocycles. The van der Waals surface area contributed by atoms with Crippen molar-refractivity contribution in [1.29, 1.82) is 0 Å². The molecular formula is C16H23FN2. The van der Waals surface area contributed by atoms with E-state index in [-0.39, 0.29) is 11.9 Å². The third-order valence-electron chi connectivity index (χ3n) is 3.98. The smallest absolute Gasteiger partial charge is 0.126 e. The zero-order chi connectivity index (χ0) is 14.0. The Morgan fingerprint density at radius 3 is 2.63 bits per heavy atom. The highest BCUT2D eigenvalue weighted by molar-refractivity contribution is 5.58. The molecule has 0 aliphatic carbocycles. The van der Waals surface area contributed by atoms with Gasteiger partial charge in [0.15, 0.2) is 0 Å². The topological polar surface area (TPSA) is 15.3 Å². The summed E-state index contributed by atoms with van der Waals surface area (Å²) < 4.78 is 13.8. The Hall–Kier alpha value is -1.35. The molecule has 19 heavy (non-hydrogen) atoms. The Morgan fingerprint density at radius 1 is 1.32 bits per heavy atom. The molecular weight excluding hydrogens is 239 g/mol. The molecule has 0 spiro atoms. The normalized spacial score (nSPS) is 17.3. The van der Waals surface area contributed by atoms with Crippen molar-refractivity contribution in [1.82, 2.24) is 5.32 Å². The van der Waals surface area contributed by atoms with Crippen LogP contribution in [0, 0.1) is 12.7 Å². The first kappa shape index (κ1) is 14.1. The van der Waals surface area contributed by atoms with Crippen LogP contribution in [0.25, 0.3) is 0 Å². The summed E-state index contributed by atoms with van der Waals surface area (Å²) in [5, 5.41) is 3.21. The van der Waals surface area contributed by atoms with Gasteiger partial charge in [-0.25, -0.2) is 4.39 Å². The fourth-order valence-corrected chi connectivity index (χ4v) is 2.45. The number of hydrogen-bond acceptors (Lipinski definition) is 2. The summed E-state index contributed by atoms with van der Waals surface area (Å²) in [6.45, 7) is 8.00. The summed E-state index contributed by atoms with van der Waals surface area (Å²) in [5.41, 5.74) is 4.36. The van der Waals surface area contributed by atoms with Crippen LogP contribution in [0.4, 0.5) is 10.1 Å². The molecule has 0 aromatic heterocycles. The Morgan fingerprint density at radius 2 is 2.05 bits per heavy atom. The largest absolute Gasteiger partial charge is 0.367 e. The van der Waals surface area contributed by atoms with E-state index in [1.165, 1.54) is 5.57 Å². The molecule has 1 N–H and O–H groups in total. The van der Waals surface area contributed by atoms with Gasteiger partial charge in [0.1, 0.15) is 5.82 Å². The van der Waals surface area contributed by atoms with Crippen molar-refractivity contribution in [3.05, 3.63) is 40.7 Å². The monoisotopic (exact) mass is 262 g/mol. The number of hydrogen-bond donors (Lipinski definition) is 1. The van der Waals surface area contributed by atoms with Crippen LogP contribution in [0.5, 0.6) is 0 Å². The molecule has 1 atom stereocenters. The fourth-order valence-electron chi connectivity index (χ4n) is 2.45. The fraction of sp³-hybridized carbons (Fsp3) is 0.500. The predicted octanol–water partition coefficient (Wildman–Crippen LogP) is 3.57. The molecule has 2 nitrogen and oxygen atoms in total. The maximum absolute atomic E-state index is 13.8. The average molecular weight is 262 g/mol. The highest BCUT2D eigenvalue weighted by atomic mass is 19.1. The van der Waals surface area contributed by atoms with Crippen LogP contribution in [-0.4, -0.2) is 20.1 Å². The van der Waals surface area contributed by atoms with Gasteiger partial charge in [-0.3, -0.25) is 0 Å². The third kappa shape index (κ3) is 2.98. The van der Waals surface area contributed by atoms with Crippen molar-refractivity contribution in [2.45, 2.75) is 33.2 Å². The average Bonchev–Trinajstić information content (AvgIpc) is 2.41. The van der Waals surface area contributed by atoms with Gasteiger partial charge in [-0.15, -0.1) is 0 Å². The zero-order valence-corrected chi connectivity index (χ0v) is 12.3. The van der Waals surface area contributed by atoms with Crippen LogP contribution in [0.3, 0.4) is 0 Å². The highest BCUT2D eigenvalue weighted by Gasteiger charge is 2.18. The van der Waals surface area contributed by atoms with Crippen molar-refractivity contribution in [2.24, 2.45) is 0 Å². The first-order chi connectivity index (χ1) is 9.02. The van der Waals surface area contributed by atoms with Crippen LogP contribution in [0.2, 0.25) is 0 Å². The number of anilines is 1. The first-order valence-corrected chi connectivity index (χ1v) is 6.90. The number of halogens is 1. The molecule has 0 bridgehead atoms. The third-order valence-corrected chi connectivity index (χ3v) is 3.98. The number of nitrogens with zero attached hydrogens (tertiary/aromatic N) is 1. The second-order valence-electron chi connectivity index (χ2n) is 5.42. The van der Waals surface area contributed by atoms with Gasteiger partial charge in [0.05, 0.1) is 0 Å². The molecule has 1 aromatic carbocycles. The van der Waals surface area contributed by atoms with Gasteiger partial charge in [-0.2, -0.15) is 0 Å². The lowest BCUT2D eigenvalue weighted by Crippen LogP contribution is -2.30. The van der Waals surface area contributed by atoms with E-state index in [0.717, 1.165) is 30.8 Å². The molecule has 0 amide bonds. The molecule has 2 rings (SSSR count). The Kier molecular flexibility index (Phi) is 4.25. The van der Waals surface area contributed by atoms with Gasteiger partial charge in [0.2, 0.25) is 0 Å². The van der Waals surface area contributed by atoms with E-state index in [2.05, 4.69) is 30.1 Å². The Balaban J connectivity index is 2.40. The number of aryl methyl sites for hydroxylation is 1. The minimum Gasteiger partial charge on any atom is -0.367 e. The molecule has 0 fully saturated rings. The predicted molar refractivity (Wildman–Crippen MR) is 79.2 cm³/mol. The van der Waals surface area contributed by atoms with Crippen molar-refractivity contribution >= 4 is 5.69 Å². The summed E-state index contributed by atoms with van der Waals surface area (Å²) in [6, 6.07) is 3.81. The second-order valence-corrected chi connectivity index (χ2v) is 5.42. The lowest BCUT2D eigenvalue weighted by molar-refractivity contribution is 0.599. The van der Waals surface area contributed by atoms with E-state index in [0.29, 0.717) is 5.56 Å². The quantitative estimate of drug-likeness (QED) is 0.838. The van der Waals surface area contributed by atoms with Gasteiger partial charge >= 0.3 is 0 Å². The minimum atomic E-state index is -0.121. The first-order valence-electron chi connectivity index (χ1n) is 6.90. The number of rotatable bonds is 3. The highest BCUT2D eigenvalue weighted by Crippen LogP contribution is 2.30. The Labute approximate surface area is 115 Å².